The van der Waals surface area contributed by atoms with Crippen LogP contribution in [0.15, 0.2) is 0 Å². The van der Waals surface area contributed by atoms with Gasteiger partial charge in [-0.05, 0) is 40.0 Å². The van der Waals surface area contributed by atoms with Gasteiger partial charge in [-0.1, -0.05) is 0 Å². The normalized spacial score (nSPS) is 18.5. The Bertz CT molecular complexity index is 433. The highest BCUT2D eigenvalue weighted by molar-refractivity contribution is 7.89. The summed E-state index contributed by atoms with van der Waals surface area (Å²) in [6.45, 7) is 3.20. The van der Waals surface area contributed by atoms with Crippen LogP contribution < -0.4 is 0 Å². The molecule has 1 aliphatic heterocycles. The second kappa shape index (κ2) is 8.07. The fourth-order valence-electron chi connectivity index (χ4n) is 2.43. The Balaban J connectivity index is 2.37. The van der Waals surface area contributed by atoms with Crippen LogP contribution in [0.4, 0.5) is 0 Å². The summed E-state index contributed by atoms with van der Waals surface area (Å²) in [6.07, 6.45) is 1.85. The van der Waals surface area contributed by atoms with Crippen LogP contribution in [0.25, 0.3) is 0 Å². The van der Waals surface area contributed by atoms with Crippen LogP contribution in [0.5, 0.6) is 0 Å². The minimum atomic E-state index is -3.47. The minimum absolute atomic E-state index is 0.337. The van der Waals surface area contributed by atoms with Gasteiger partial charge in [-0.2, -0.15) is 0 Å². The van der Waals surface area contributed by atoms with Crippen molar-refractivity contribution in [3.05, 3.63) is 0 Å². The van der Waals surface area contributed by atoms with Gasteiger partial charge < -0.3 is 14.9 Å². The second-order valence-corrected chi connectivity index (χ2v) is 7.99. The molecule has 8 heteroatoms. The Morgan fingerprint density at radius 2 is 1.81 bits per heavy atom. The van der Waals surface area contributed by atoms with Crippen LogP contribution in [-0.4, -0.2) is 92.7 Å². The molecule has 0 unspecified atom stereocenters. The first-order valence-corrected chi connectivity index (χ1v) is 8.88. The summed E-state index contributed by atoms with van der Waals surface area (Å²) in [5.74, 6) is -1.42. The van der Waals surface area contributed by atoms with Gasteiger partial charge in [0.05, 0.1) is 12.2 Å². The van der Waals surface area contributed by atoms with Crippen molar-refractivity contribution in [1.82, 2.24) is 14.1 Å². The first-order chi connectivity index (χ1) is 9.72. The van der Waals surface area contributed by atoms with Crippen molar-refractivity contribution in [2.75, 3.05) is 53.1 Å². The minimum Gasteiger partial charge on any atom is -0.481 e. The molecule has 1 rings (SSSR count). The van der Waals surface area contributed by atoms with E-state index in [4.69, 9.17) is 5.11 Å². The summed E-state index contributed by atoms with van der Waals surface area (Å²) in [6, 6.07) is 0.497. The highest BCUT2D eigenvalue weighted by Gasteiger charge is 2.23. The second-order valence-electron chi connectivity index (χ2n) is 5.80. The Kier molecular flexibility index (Phi) is 7.05. The summed E-state index contributed by atoms with van der Waals surface area (Å²) >= 11 is 0. The molecule has 0 bridgehead atoms. The van der Waals surface area contributed by atoms with Crippen molar-refractivity contribution in [3.63, 3.8) is 0 Å². The molecule has 0 atom stereocenters. The van der Waals surface area contributed by atoms with Gasteiger partial charge in [-0.3, -0.25) is 4.79 Å². The predicted octanol–water partition coefficient (Wildman–Crippen LogP) is -0.251. The molecule has 1 aliphatic rings. The van der Waals surface area contributed by atoms with Crippen molar-refractivity contribution < 1.29 is 18.3 Å². The van der Waals surface area contributed by atoms with Gasteiger partial charge >= 0.3 is 5.97 Å². The molecule has 7 nitrogen and oxygen atoms in total. The van der Waals surface area contributed by atoms with Crippen molar-refractivity contribution in [2.45, 2.75) is 25.3 Å². The summed E-state index contributed by atoms with van der Waals surface area (Å²) in [7, 11) is 2.17. The van der Waals surface area contributed by atoms with E-state index in [0.29, 0.717) is 19.1 Å². The molecule has 1 N–H and O–H groups in total. The molecule has 0 saturated carbocycles. The smallest absolute Gasteiger partial charge is 0.304 e. The molecule has 0 aliphatic carbocycles. The molecule has 0 aromatic heterocycles. The molecule has 1 heterocycles. The van der Waals surface area contributed by atoms with Gasteiger partial charge in [0.25, 0.3) is 0 Å². The maximum atomic E-state index is 11.9. The summed E-state index contributed by atoms with van der Waals surface area (Å²) in [5.41, 5.74) is 0. The zero-order valence-corrected chi connectivity index (χ0v) is 14.0. The first-order valence-electron chi connectivity index (χ1n) is 7.27. The SMILES string of the molecule is CN1CCC(N(C)CCN(C)S(=O)(=O)CCC(=O)O)CC1. The van der Waals surface area contributed by atoms with E-state index in [1.54, 1.807) is 0 Å². The average molecular weight is 321 g/mol. The number of carboxylic acid groups (broad SMARTS) is 1. The molecule has 0 aromatic carbocycles. The topological polar surface area (TPSA) is 81.2 Å². The number of carbonyl (C=O) groups is 1. The first kappa shape index (κ1) is 18.3. The number of likely N-dealkylation sites (tertiary alicyclic amines) is 1. The third-order valence-electron chi connectivity index (χ3n) is 4.13. The van der Waals surface area contributed by atoms with Crippen LogP contribution in [0.1, 0.15) is 19.3 Å². The van der Waals surface area contributed by atoms with E-state index in [2.05, 4.69) is 16.8 Å². The maximum absolute atomic E-state index is 11.9. The van der Waals surface area contributed by atoms with Crippen molar-refractivity contribution in [1.29, 1.82) is 0 Å². The molecule has 0 radical (unpaired) electrons. The summed E-state index contributed by atoms with van der Waals surface area (Å²) < 4.78 is 25.1. The maximum Gasteiger partial charge on any atom is 0.304 e. The molecule has 1 fully saturated rings. The largest absolute Gasteiger partial charge is 0.481 e. The number of carboxylic acids is 1. The zero-order chi connectivity index (χ0) is 16.0. The standard InChI is InChI=1S/C13H27N3O4S/c1-14-7-4-12(5-8-14)15(2)9-10-16(3)21(19,20)11-6-13(17)18/h12H,4-11H2,1-3H3,(H,17,18). The third kappa shape index (κ3) is 6.29. The fraction of sp³-hybridized carbons (Fsp3) is 0.923. The van der Waals surface area contributed by atoms with Crippen LogP contribution >= 0.6 is 0 Å². The number of rotatable bonds is 8. The van der Waals surface area contributed by atoms with Crippen molar-refractivity contribution >= 4 is 16.0 Å². The van der Waals surface area contributed by atoms with E-state index in [1.807, 2.05) is 7.05 Å². The number of piperidine rings is 1. The Morgan fingerprint density at radius 1 is 1.24 bits per heavy atom. The lowest BCUT2D eigenvalue weighted by Crippen LogP contribution is -2.45. The van der Waals surface area contributed by atoms with E-state index < -0.39 is 16.0 Å². The van der Waals surface area contributed by atoms with Crippen LogP contribution in [-0.2, 0) is 14.8 Å². The van der Waals surface area contributed by atoms with Gasteiger partial charge in [0.15, 0.2) is 0 Å². The van der Waals surface area contributed by atoms with Gasteiger partial charge in [-0.25, -0.2) is 12.7 Å². The molecule has 0 amide bonds. The van der Waals surface area contributed by atoms with Gasteiger partial charge in [0.2, 0.25) is 10.0 Å². The summed E-state index contributed by atoms with van der Waals surface area (Å²) in [5, 5.41) is 8.57. The molecule has 0 aromatic rings. The number of hydrogen-bond donors (Lipinski definition) is 1. The van der Waals surface area contributed by atoms with E-state index in [0.717, 1.165) is 25.9 Å². The van der Waals surface area contributed by atoms with E-state index in [-0.39, 0.29) is 12.2 Å². The monoisotopic (exact) mass is 321 g/mol. The number of aliphatic carboxylic acids is 1. The molecule has 124 valence electrons. The van der Waals surface area contributed by atoms with Crippen LogP contribution in [0.3, 0.4) is 0 Å². The predicted molar refractivity (Wildman–Crippen MR) is 81.8 cm³/mol. The number of sulfonamides is 1. The Morgan fingerprint density at radius 3 is 2.33 bits per heavy atom. The van der Waals surface area contributed by atoms with E-state index >= 15 is 0 Å². The van der Waals surface area contributed by atoms with E-state index in [1.165, 1.54) is 11.4 Å². The number of nitrogens with zero attached hydrogens (tertiary/aromatic N) is 3. The lowest BCUT2D eigenvalue weighted by molar-refractivity contribution is -0.136. The highest BCUT2D eigenvalue weighted by Crippen LogP contribution is 2.14. The number of likely N-dealkylation sites (N-methyl/N-ethyl adjacent to an activating group) is 2. The highest BCUT2D eigenvalue weighted by atomic mass is 32.2. The summed E-state index contributed by atoms with van der Waals surface area (Å²) in [4.78, 5) is 15.0. The molecule has 0 spiro atoms. The Hall–Kier alpha value is -0.700. The van der Waals surface area contributed by atoms with Crippen molar-refractivity contribution in [3.8, 4) is 0 Å². The molecular formula is C13H27N3O4S. The van der Waals surface area contributed by atoms with E-state index in [9.17, 15) is 13.2 Å². The van der Waals surface area contributed by atoms with Gasteiger partial charge in [0.1, 0.15) is 0 Å². The Labute approximate surface area is 127 Å². The average Bonchev–Trinajstić information content (AvgIpc) is 2.43. The van der Waals surface area contributed by atoms with Crippen LogP contribution in [0.2, 0.25) is 0 Å². The van der Waals surface area contributed by atoms with Crippen LogP contribution in [0, 0.1) is 0 Å². The lowest BCUT2D eigenvalue weighted by atomic mass is 10.0. The zero-order valence-electron chi connectivity index (χ0n) is 13.2. The van der Waals surface area contributed by atoms with Crippen molar-refractivity contribution in [2.24, 2.45) is 0 Å². The molecular weight excluding hydrogens is 294 g/mol. The number of hydrogen-bond acceptors (Lipinski definition) is 5. The lowest BCUT2D eigenvalue weighted by Gasteiger charge is -2.35. The third-order valence-corrected chi connectivity index (χ3v) is 5.98. The molecule has 21 heavy (non-hydrogen) atoms. The fourth-order valence-corrected chi connectivity index (χ4v) is 3.53. The quantitative estimate of drug-likeness (QED) is 0.664. The van der Waals surface area contributed by atoms with Gasteiger partial charge in [0, 0.05) is 26.2 Å². The van der Waals surface area contributed by atoms with Gasteiger partial charge in [-0.15, -0.1) is 0 Å². The molecule has 1 saturated heterocycles.